The monoisotopic (exact) mass is 879 g/mol. The Bertz CT molecular complexity index is 2560. The third kappa shape index (κ3) is 9.03. The van der Waals surface area contributed by atoms with Gasteiger partial charge in [0, 0.05) is 29.4 Å². The van der Waals surface area contributed by atoms with E-state index in [1.54, 1.807) is 0 Å². The molecule has 0 unspecified atom stereocenters. The van der Waals surface area contributed by atoms with Gasteiger partial charge in [-0.1, -0.05) is 82.2 Å². The first kappa shape index (κ1) is 42.8. The van der Waals surface area contributed by atoms with Crippen LogP contribution in [0.1, 0.15) is 110 Å². The quantitative estimate of drug-likeness (QED) is 0.151. The maximum absolute atomic E-state index is 14.8. The largest absolute Gasteiger partial charge is 0.484 e. The molecule has 4 heterocycles. The predicted octanol–water partition coefficient (Wildman–Crippen LogP) is 7.33. The average molecular weight is 880 g/mol. The zero-order valence-corrected chi connectivity index (χ0v) is 37.0. The second kappa shape index (κ2) is 16.9. The van der Waals surface area contributed by atoms with Crippen molar-refractivity contribution in [1.29, 1.82) is 0 Å². The summed E-state index contributed by atoms with van der Waals surface area (Å²) in [5.74, 6) is -1.92. The molecule has 3 aliphatic carbocycles. The molecule has 14 nitrogen and oxygen atoms in total. The number of rotatable bonds is 8. The Kier molecular flexibility index (Phi) is 11.5. The third-order valence-corrected chi connectivity index (χ3v) is 15.2. The van der Waals surface area contributed by atoms with E-state index in [1.807, 2.05) is 54.6 Å². The van der Waals surface area contributed by atoms with Crippen LogP contribution in [-0.4, -0.2) is 83.7 Å². The first-order valence-corrected chi connectivity index (χ1v) is 24.2. The Hall–Kier alpha value is -5.44. The summed E-state index contributed by atoms with van der Waals surface area (Å²) in [5.41, 5.74) is 2.77. The van der Waals surface area contributed by atoms with Crippen LogP contribution in [-0.2, 0) is 34.6 Å². The fourth-order valence-electron chi connectivity index (χ4n) is 9.39. The number of para-hydroxylation sites is 1. The molecule has 3 N–H and O–H groups in total. The van der Waals surface area contributed by atoms with Gasteiger partial charge < -0.3 is 29.4 Å². The summed E-state index contributed by atoms with van der Waals surface area (Å²) in [6, 6.07) is 15.5. The number of pyridine rings is 1. The molecule has 4 amide bonds. The molecule has 5 atom stereocenters. The van der Waals surface area contributed by atoms with Crippen LogP contribution in [0.15, 0.2) is 71.2 Å². The number of carbonyl (C=O) groups excluding carboxylic acids is 4. The van der Waals surface area contributed by atoms with Gasteiger partial charge in [0.15, 0.2) is 11.3 Å². The number of nitrogens with one attached hydrogen (secondary N) is 3. The molecule has 2 aliphatic heterocycles. The van der Waals surface area contributed by atoms with Crippen molar-refractivity contribution in [2.24, 2.45) is 5.92 Å². The van der Waals surface area contributed by atoms with E-state index >= 15 is 0 Å². The molecule has 4 aromatic rings. The smallest absolute Gasteiger partial charge is 0.408 e. The maximum Gasteiger partial charge on any atom is 0.408 e. The van der Waals surface area contributed by atoms with Crippen LogP contribution in [0.25, 0.3) is 33.3 Å². The van der Waals surface area contributed by atoms with Gasteiger partial charge in [0.25, 0.3) is 5.91 Å². The van der Waals surface area contributed by atoms with Crippen LogP contribution >= 0.6 is 0 Å². The van der Waals surface area contributed by atoms with E-state index in [-0.39, 0.29) is 30.9 Å². The maximum atomic E-state index is 14.8. The number of benzene rings is 2. The van der Waals surface area contributed by atoms with Gasteiger partial charge in [-0.15, -0.1) is 0 Å². The number of ether oxygens (including phenoxy) is 2. The molecule has 0 spiro atoms. The van der Waals surface area contributed by atoms with Crippen molar-refractivity contribution in [3.05, 3.63) is 72.3 Å². The average Bonchev–Trinajstić information content (AvgIpc) is 4.06. The summed E-state index contributed by atoms with van der Waals surface area (Å²) >= 11 is 0. The Morgan fingerprint density at radius 2 is 1.68 bits per heavy atom. The number of aromatic nitrogens is 1. The number of carbonyl (C=O) groups is 4. The van der Waals surface area contributed by atoms with E-state index in [4.69, 9.17) is 18.9 Å². The van der Waals surface area contributed by atoms with Crippen LogP contribution in [0.5, 0.6) is 5.75 Å². The highest BCUT2D eigenvalue weighted by Gasteiger charge is 2.62. The third-order valence-electron chi connectivity index (χ3n) is 13.3. The van der Waals surface area contributed by atoms with Crippen molar-refractivity contribution in [1.82, 2.24) is 25.2 Å². The van der Waals surface area contributed by atoms with Crippen molar-refractivity contribution in [2.75, 3.05) is 6.54 Å². The van der Waals surface area contributed by atoms with E-state index in [9.17, 15) is 27.6 Å². The van der Waals surface area contributed by atoms with Gasteiger partial charge in [-0.05, 0) is 87.3 Å². The van der Waals surface area contributed by atoms with Crippen molar-refractivity contribution in [3.63, 3.8) is 0 Å². The van der Waals surface area contributed by atoms with Crippen molar-refractivity contribution < 1.29 is 41.5 Å². The van der Waals surface area contributed by atoms with Gasteiger partial charge in [-0.2, -0.15) is 0 Å². The SMILES string of the molecule is CC(C)(C)c1ccc(-c2cc(O[C@@H]3C[C@H]4C(=O)N[C@]5(C(=O)NS(=O)(=O)C6CC6)C[C@H]5/C=C\CCCCC[C@H](NC(=O)OC5CCCC5)C(=O)N4C3)c3oc4ccccc4c3n2)cc1. The molecule has 0 bridgehead atoms. The summed E-state index contributed by atoms with van der Waals surface area (Å²) in [6.07, 6.45) is 10.1. The van der Waals surface area contributed by atoms with Gasteiger partial charge in [-0.25, -0.2) is 18.2 Å². The lowest BCUT2D eigenvalue weighted by atomic mass is 9.86. The minimum absolute atomic E-state index is 0.0228. The highest BCUT2D eigenvalue weighted by atomic mass is 32.2. The van der Waals surface area contributed by atoms with E-state index in [0.29, 0.717) is 60.2 Å². The van der Waals surface area contributed by atoms with Gasteiger partial charge >= 0.3 is 6.09 Å². The zero-order chi connectivity index (χ0) is 44.1. The first-order valence-electron chi connectivity index (χ1n) is 22.6. The number of sulfonamides is 1. The van der Waals surface area contributed by atoms with E-state index in [0.717, 1.165) is 49.5 Å². The van der Waals surface area contributed by atoms with Crippen LogP contribution in [0.3, 0.4) is 0 Å². The van der Waals surface area contributed by atoms with E-state index in [1.165, 1.54) is 10.5 Å². The molecule has 0 radical (unpaired) electrons. The molecule has 5 aliphatic rings. The molecule has 2 aromatic heterocycles. The zero-order valence-electron chi connectivity index (χ0n) is 36.2. The van der Waals surface area contributed by atoms with Crippen LogP contribution in [0.2, 0.25) is 0 Å². The number of alkyl carbamates (subject to hydrolysis) is 1. The van der Waals surface area contributed by atoms with Gasteiger partial charge in [0.1, 0.15) is 40.9 Å². The topological polar surface area (TPSA) is 186 Å². The van der Waals surface area contributed by atoms with Gasteiger partial charge in [-0.3, -0.25) is 19.1 Å². The summed E-state index contributed by atoms with van der Waals surface area (Å²) in [7, 11) is -3.91. The van der Waals surface area contributed by atoms with Crippen LogP contribution in [0.4, 0.5) is 4.79 Å². The molecule has 1 saturated heterocycles. The molecule has 15 heteroatoms. The number of nitrogens with zero attached hydrogens (tertiary/aromatic N) is 2. The first-order chi connectivity index (χ1) is 30.2. The standard InChI is InChI=1S/C48H57N5O9S/c1-47(2,3)30-21-19-29(20-22-30)37-26-40(42-41(49-37)35-16-11-12-18-39(35)62-42)60-33-25-38-43(54)51-48(45(56)52-63(58,59)34-23-24-34)27-31(48)13-7-5-4-6-8-17-36(44(55)53(38)28-33)50-46(57)61-32-14-9-10-15-32/h7,11-13,16,18-22,26,31-34,36,38H,4-6,8-10,14-15,17,23-25,27-28H2,1-3H3,(H,50,57)(H,51,54)(H,52,56)/b13-7-/t31-,33-,36+,38+,48-/m1/s1. The van der Waals surface area contributed by atoms with Crippen molar-refractivity contribution in [2.45, 2.75) is 145 Å². The number of fused-ring (bicyclic) bond motifs is 5. The number of hydrogen-bond acceptors (Lipinski definition) is 10. The van der Waals surface area contributed by atoms with Crippen LogP contribution in [0, 0.1) is 5.92 Å². The molecule has 4 fully saturated rings. The highest BCUT2D eigenvalue weighted by molar-refractivity contribution is 7.91. The molecule has 3 saturated carbocycles. The fourth-order valence-corrected chi connectivity index (χ4v) is 10.8. The lowest BCUT2D eigenvalue weighted by Gasteiger charge is -2.30. The molecular formula is C48H57N5O9S. The van der Waals surface area contributed by atoms with Gasteiger partial charge in [0.05, 0.1) is 17.5 Å². The second-order valence-corrected chi connectivity index (χ2v) is 21.1. The summed E-state index contributed by atoms with van der Waals surface area (Å²) < 4.78 is 47.2. The van der Waals surface area contributed by atoms with Crippen molar-refractivity contribution >= 4 is 55.9 Å². The Morgan fingerprint density at radius 3 is 2.43 bits per heavy atom. The minimum Gasteiger partial charge on any atom is -0.484 e. The Balaban J connectivity index is 1.05. The molecule has 2 aromatic carbocycles. The summed E-state index contributed by atoms with van der Waals surface area (Å²) in [5, 5.41) is 5.95. The Labute approximate surface area is 368 Å². The minimum atomic E-state index is -3.91. The van der Waals surface area contributed by atoms with Crippen LogP contribution < -0.4 is 20.1 Å². The lowest BCUT2D eigenvalue weighted by molar-refractivity contribution is -0.141. The van der Waals surface area contributed by atoms with Crippen molar-refractivity contribution in [3.8, 4) is 17.0 Å². The fraction of sp³-hybridized carbons (Fsp3) is 0.521. The van der Waals surface area contributed by atoms with E-state index < -0.39 is 68.7 Å². The summed E-state index contributed by atoms with van der Waals surface area (Å²) in [4.78, 5) is 63.3. The highest BCUT2D eigenvalue weighted by Crippen LogP contribution is 2.46. The van der Waals surface area contributed by atoms with E-state index in [2.05, 4.69) is 48.3 Å². The lowest BCUT2D eigenvalue weighted by Crippen LogP contribution is -2.58. The second-order valence-electron chi connectivity index (χ2n) is 19.1. The predicted molar refractivity (Wildman–Crippen MR) is 237 cm³/mol. The molecular weight excluding hydrogens is 823 g/mol. The summed E-state index contributed by atoms with van der Waals surface area (Å²) in [6.45, 7) is 6.45. The Morgan fingerprint density at radius 1 is 0.937 bits per heavy atom. The number of hydrogen-bond donors (Lipinski definition) is 3. The molecule has 63 heavy (non-hydrogen) atoms. The number of amides is 4. The number of furan rings is 1. The number of allylic oxidation sites excluding steroid dienone is 1. The van der Waals surface area contributed by atoms with Gasteiger partial charge in [0.2, 0.25) is 21.8 Å². The molecule has 9 rings (SSSR count). The molecule has 334 valence electrons. The normalized spacial score (nSPS) is 26.6.